The fourth-order valence-electron chi connectivity index (χ4n) is 6.00. The van der Waals surface area contributed by atoms with Crippen molar-refractivity contribution in [2.75, 3.05) is 52.4 Å². The number of hydrogen-bond acceptors (Lipinski definition) is 4. The third-order valence-corrected chi connectivity index (χ3v) is 7.92. The number of carbonyl (C=O) groups is 2. The Morgan fingerprint density at radius 1 is 0.686 bits per heavy atom. The molecular weight excluding hydrogens is 436 g/mol. The summed E-state index contributed by atoms with van der Waals surface area (Å²) in [5.74, 6) is 0.412. The van der Waals surface area contributed by atoms with E-state index in [-0.39, 0.29) is 23.9 Å². The summed E-state index contributed by atoms with van der Waals surface area (Å²) < 4.78 is 0. The molecule has 186 valence electrons. The standard InChI is InChI=1S/C29H38N4O2/c34-27(23-33-18-8-7-15-26(33)29(35)32-16-9-10-17-32)30-19-21-31(22-20-30)28(24-11-3-1-4-12-24)25-13-5-2-6-14-25/h1-6,11-14,26,28H,7-10,15-23H2. The molecule has 3 fully saturated rings. The first-order chi connectivity index (χ1) is 17.2. The van der Waals surface area contributed by atoms with E-state index in [4.69, 9.17) is 0 Å². The number of likely N-dealkylation sites (tertiary alicyclic amines) is 2. The Kier molecular flexibility index (Phi) is 7.79. The maximum absolute atomic E-state index is 13.3. The van der Waals surface area contributed by atoms with Gasteiger partial charge in [0.1, 0.15) is 0 Å². The number of carbonyl (C=O) groups excluding carboxylic acids is 2. The van der Waals surface area contributed by atoms with Gasteiger partial charge in [0.25, 0.3) is 0 Å². The van der Waals surface area contributed by atoms with Gasteiger partial charge in [0.15, 0.2) is 0 Å². The second kappa shape index (κ2) is 11.4. The summed E-state index contributed by atoms with van der Waals surface area (Å²) in [6.45, 7) is 6.12. The van der Waals surface area contributed by atoms with Crippen LogP contribution >= 0.6 is 0 Å². The third kappa shape index (κ3) is 5.60. The van der Waals surface area contributed by atoms with Gasteiger partial charge in [-0.05, 0) is 43.4 Å². The van der Waals surface area contributed by atoms with Crippen LogP contribution in [0.25, 0.3) is 0 Å². The van der Waals surface area contributed by atoms with Crippen molar-refractivity contribution in [2.24, 2.45) is 0 Å². The van der Waals surface area contributed by atoms with E-state index in [1.807, 2.05) is 9.80 Å². The number of hydrogen-bond donors (Lipinski definition) is 0. The van der Waals surface area contributed by atoms with Crippen LogP contribution in [0.4, 0.5) is 0 Å². The summed E-state index contributed by atoms with van der Waals surface area (Å²) in [5.41, 5.74) is 2.57. The lowest BCUT2D eigenvalue weighted by Crippen LogP contribution is -2.56. The molecule has 1 atom stereocenters. The quantitative estimate of drug-likeness (QED) is 0.644. The van der Waals surface area contributed by atoms with Gasteiger partial charge in [-0.15, -0.1) is 0 Å². The number of benzene rings is 2. The van der Waals surface area contributed by atoms with Crippen LogP contribution in [0.1, 0.15) is 49.3 Å². The minimum Gasteiger partial charge on any atom is -0.341 e. The van der Waals surface area contributed by atoms with Crippen molar-refractivity contribution in [3.63, 3.8) is 0 Å². The van der Waals surface area contributed by atoms with E-state index in [9.17, 15) is 9.59 Å². The fourth-order valence-corrected chi connectivity index (χ4v) is 6.00. The highest BCUT2D eigenvalue weighted by molar-refractivity contribution is 5.84. The molecule has 0 saturated carbocycles. The molecule has 6 heteroatoms. The number of piperidine rings is 1. The molecular formula is C29H38N4O2. The zero-order chi connectivity index (χ0) is 24.0. The van der Waals surface area contributed by atoms with E-state index in [1.165, 1.54) is 11.1 Å². The van der Waals surface area contributed by atoms with Gasteiger partial charge >= 0.3 is 0 Å². The molecule has 2 aromatic carbocycles. The molecule has 0 radical (unpaired) electrons. The fraction of sp³-hybridized carbons (Fsp3) is 0.517. The minimum atomic E-state index is -0.118. The van der Waals surface area contributed by atoms with Gasteiger partial charge in [-0.3, -0.25) is 19.4 Å². The van der Waals surface area contributed by atoms with Crippen LogP contribution in [-0.2, 0) is 9.59 Å². The van der Waals surface area contributed by atoms with Crippen LogP contribution in [0.3, 0.4) is 0 Å². The van der Waals surface area contributed by atoms with Crippen molar-refractivity contribution in [1.29, 1.82) is 0 Å². The van der Waals surface area contributed by atoms with Crippen molar-refractivity contribution < 1.29 is 9.59 Å². The van der Waals surface area contributed by atoms with Gasteiger partial charge in [-0.2, -0.15) is 0 Å². The Morgan fingerprint density at radius 2 is 1.26 bits per heavy atom. The Labute approximate surface area is 209 Å². The van der Waals surface area contributed by atoms with Gasteiger partial charge in [-0.25, -0.2) is 0 Å². The molecule has 5 rings (SSSR count). The molecule has 0 aliphatic carbocycles. The number of nitrogens with zero attached hydrogens (tertiary/aromatic N) is 4. The van der Waals surface area contributed by atoms with E-state index >= 15 is 0 Å². The highest BCUT2D eigenvalue weighted by Crippen LogP contribution is 2.29. The molecule has 3 aliphatic rings. The average molecular weight is 475 g/mol. The normalized spacial score (nSPS) is 22.0. The van der Waals surface area contributed by atoms with Crippen molar-refractivity contribution in [3.8, 4) is 0 Å². The van der Waals surface area contributed by atoms with E-state index in [0.29, 0.717) is 6.54 Å². The van der Waals surface area contributed by atoms with Crippen LogP contribution in [0, 0.1) is 0 Å². The SMILES string of the molecule is O=C(CN1CCCCC1C(=O)N1CCCC1)N1CCN(C(c2ccccc2)c2ccccc2)CC1. The first kappa shape index (κ1) is 24.0. The van der Waals surface area contributed by atoms with Crippen LogP contribution in [0.2, 0.25) is 0 Å². The lowest BCUT2D eigenvalue weighted by Gasteiger charge is -2.41. The van der Waals surface area contributed by atoms with Crippen LogP contribution < -0.4 is 0 Å². The predicted molar refractivity (Wildman–Crippen MR) is 138 cm³/mol. The van der Waals surface area contributed by atoms with E-state index in [2.05, 4.69) is 70.5 Å². The van der Waals surface area contributed by atoms with Crippen molar-refractivity contribution in [2.45, 2.75) is 44.2 Å². The summed E-state index contributed by atoms with van der Waals surface area (Å²) in [4.78, 5) is 35.1. The molecule has 3 aliphatic heterocycles. The number of rotatable bonds is 6. The van der Waals surface area contributed by atoms with E-state index < -0.39 is 0 Å². The van der Waals surface area contributed by atoms with E-state index in [1.54, 1.807) is 0 Å². The maximum Gasteiger partial charge on any atom is 0.239 e. The zero-order valence-electron chi connectivity index (χ0n) is 20.7. The molecule has 2 amide bonds. The molecule has 0 N–H and O–H groups in total. The van der Waals surface area contributed by atoms with Crippen molar-refractivity contribution >= 4 is 11.8 Å². The van der Waals surface area contributed by atoms with Gasteiger partial charge < -0.3 is 9.80 Å². The lowest BCUT2D eigenvalue weighted by molar-refractivity contribution is -0.141. The Morgan fingerprint density at radius 3 is 1.86 bits per heavy atom. The molecule has 6 nitrogen and oxygen atoms in total. The lowest BCUT2D eigenvalue weighted by atomic mass is 9.96. The Hall–Kier alpha value is -2.70. The summed E-state index contributed by atoms with van der Waals surface area (Å²) >= 11 is 0. The molecule has 2 aromatic rings. The zero-order valence-corrected chi connectivity index (χ0v) is 20.7. The molecule has 0 bridgehead atoms. The molecule has 1 unspecified atom stereocenters. The topological polar surface area (TPSA) is 47.1 Å². The van der Waals surface area contributed by atoms with Crippen LogP contribution in [-0.4, -0.2) is 89.8 Å². The summed E-state index contributed by atoms with van der Waals surface area (Å²) in [7, 11) is 0. The second-order valence-electron chi connectivity index (χ2n) is 10.2. The highest BCUT2D eigenvalue weighted by Gasteiger charge is 2.35. The molecule has 3 saturated heterocycles. The number of piperazine rings is 1. The van der Waals surface area contributed by atoms with Gasteiger partial charge in [0.2, 0.25) is 11.8 Å². The molecule has 0 aromatic heterocycles. The Bertz CT molecular complexity index is 929. The third-order valence-electron chi connectivity index (χ3n) is 7.92. The maximum atomic E-state index is 13.3. The Balaban J connectivity index is 1.21. The first-order valence-electron chi connectivity index (χ1n) is 13.4. The largest absolute Gasteiger partial charge is 0.341 e. The highest BCUT2D eigenvalue weighted by atomic mass is 16.2. The van der Waals surface area contributed by atoms with Gasteiger partial charge in [-0.1, -0.05) is 67.1 Å². The van der Waals surface area contributed by atoms with E-state index in [0.717, 1.165) is 77.9 Å². The summed E-state index contributed by atoms with van der Waals surface area (Å²) in [5, 5.41) is 0. The smallest absolute Gasteiger partial charge is 0.239 e. The van der Waals surface area contributed by atoms with Crippen LogP contribution in [0.15, 0.2) is 60.7 Å². The van der Waals surface area contributed by atoms with Gasteiger partial charge in [0, 0.05) is 39.3 Å². The minimum absolute atomic E-state index is 0.118. The van der Waals surface area contributed by atoms with Crippen LogP contribution in [0.5, 0.6) is 0 Å². The first-order valence-corrected chi connectivity index (χ1v) is 13.4. The summed E-state index contributed by atoms with van der Waals surface area (Å²) in [6.07, 6.45) is 5.24. The molecule has 0 spiro atoms. The van der Waals surface area contributed by atoms with Crippen molar-refractivity contribution in [3.05, 3.63) is 71.8 Å². The second-order valence-corrected chi connectivity index (χ2v) is 10.2. The monoisotopic (exact) mass is 474 g/mol. The van der Waals surface area contributed by atoms with Crippen molar-refractivity contribution in [1.82, 2.24) is 19.6 Å². The number of amides is 2. The average Bonchev–Trinajstić information content (AvgIpc) is 3.46. The predicted octanol–water partition coefficient (Wildman–Crippen LogP) is 3.40. The van der Waals surface area contributed by atoms with Gasteiger partial charge in [0.05, 0.1) is 18.6 Å². The molecule has 3 heterocycles. The summed E-state index contributed by atoms with van der Waals surface area (Å²) in [6, 6.07) is 21.4. The molecule has 35 heavy (non-hydrogen) atoms.